The summed E-state index contributed by atoms with van der Waals surface area (Å²) in [5.41, 5.74) is -4.52. The summed E-state index contributed by atoms with van der Waals surface area (Å²) in [6, 6.07) is 17.4. The van der Waals surface area contributed by atoms with Crippen LogP contribution in [0.2, 0.25) is 0 Å². The Morgan fingerprint density at radius 2 is 1.67 bits per heavy atom. The van der Waals surface area contributed by atoms with E-state index < -0.39 is 52.7 Å². The van der Waals surface area contributed by atoms with E-state index in [1.54, 1.807) is 37.3 Å². The summed E-state index contributed by atoms with van der Waals surface area (Å²) in [5.74, 6) is -1.96. The number of likely N-dealkylation sites (tertiary alicyclic amines) is 1. The lowest BCUT2D eigenvalue weighted by Gasteiger charge is -2.45. The summed E-state index contributed by atoms with van der Waals surface area (Å²) in [6.07, 6.45) is -1.29. The van der Waals surface area contributed by atoms with Crippen LogP contribution >= 0.6 is 0 Å². The number of benzene rings is 3. The highest BCUT2D eigenvalue weighted by Gasteiger charge is 2.76. The van der Waals surface area contributed by atoms with E-state index in [4.69, 9.17) is 23.7 Å². The standard InChI is InChI=1S/C37H44N2O10/c1-7-35(2,43)34(42)38-28-14-11-17-39(28)32(40)31-29(21-12-9-8-10-13-21)37(22-15-16-24(46-4)25(18-22)47-5)33(41)36(31,44)30-26(48-6)19-23(45-3)20-27(30)49-37/h8-10,12-13,15-16,18-20,28-29,31,33,41,43-44H,7,11,14,17H2,1-6H3,(H,38,42)/t28-,29+,31-,33-,35-,36-,37-/m0/s1. The van der Waals surface area contributed by atoms with Gasteiger partial charge in [-0.3, -0.25) is 9.59 Å². The molecule has 0 spiro atoms. The monoisotopic (exact) mass is 676 g/mol. The van der Waals surface area contributed by atoms with Gasteiger partial charge in [0.2, 0.25) is 5.91 Å². The van der Waals surface area contributed by atoms with Crippen LogP contribution in [0.3, 0.4) is 0 Å². The molecule has 262 valence electrons. The second-order valence-electron chi connectivity index (χ2n) is 13.1. The number of carbonyl (C=O) groups is 2. The number of methoxy groups -OCH3 is 4. The largest absolute Gasteiger partial charge is 0.496 e. The predicted molar refractivity (Wildman–Crippen MR) is 178 cm³/mol. The Labute approximate surface area is 285 Å². The molecule has 1 saturated carbocycles. The van der Waals surface area contributed by atoms with Crippen LogP contribution in [0.1, 0.15) is 55.7 Å². The quantitative estimate of drug-likeness (QED) is 0.252. The van der Waals surface area contributed by atoms with Crippen LogP contribution in [0.25, 0.3) is 0 Å². The Kier molecular flexibility index (Phi) is 8.93. The molecule has 1 aliphatic carbocycles. The van der Waals surface area contributed by atoms with Crippen molar-refractivity contribution in [3.63, 3.8) is 0 Å². The molecule has 2 fully saturated rings. The van der Waals surface area contributed by atoms with Crippen molar-refractivity contribution in [2.75, 3.05) is 35.0 Å². The van der Waals surface area contributed by atoms with Crippen molar-refractivity contribution in [2.24, 2.45) is 5.92 Å². The number of carbonyl (C=O) groups excluding carboxylic acids is 2. The normalized spacial score (nSPS) is 28.1. The van der Waals surface area contributed by atoms with E-state index in [2.05, 4.69) is 5.32 Å². The summed E-state index contributed by atoms with van der Waals surface area (Å²) in [5, 5.41) is 39.5. The van der Waals surface area contributed by atoms with Crippen molar-refractivity contribution in [2.45, 2.75) is 68.1 Å². The molecule has 2 heterocycles. The van der Waals surface area contributed by atoms with E-state index in [0.29, 0.717) is 41.2 Å². The first-order valence-electron chi connectivity index (χ1n) is 16.4. The highest BCUT2D eigenvalue weighted by molar-refractivity contribution is 5.87. The Balaban J connectivity index is 1.62. The van der Waals surface area contributed by atoms with Crippen LogP contribution in [0.15, 0.2) is 60.7 Å². The first kappa shape index (κ1) is 34.3. The lowest BCUT2D eigenvalue weighted by atomic mass is 9.75. The molecule has 49 heavy (non-hydrogen) atoms. The zero-order valence-corrected chi connectivity index (χ0v) is 28.6. The van der Waals surface area contributed by atoms with E-state index in [1.807, 2.05) is 30.3 Å². The first-order chi connectivity index (χ1) is 23.4. The highest BCUT2D eigenvalue weighted by Crippen LogP contribution is 2.68. The third kappa shape index (κ3) is 5.15. The van der Waals surface area contributed by atoms with E-state index in [0.717, 1.165) is 0 Å². The number of aliphatic hydroxyl groups excluding tert-OH is 1. The van der Waals surface area contributed by atoms with Crippen molar-refractivity contribution >= 4 is 11.8 Å². The van der Waals surface area contributed by atoms with Crippen molar-refractivity contribution in [3.8, 4) is 28.7 Å². The van der Waals surface area contributed by atoms with Crippen molar-refractivity contribution in [1.82, 2.24) is 10.2 Å². The Morgan fingerprint density at radius 3 is 2.31 bits per heavy atom. The third-order valence-corrected chi connectivity index (χ3v) is 10.5. The number of hydrogen-bond donors (Lipinski definition) is 4. The molecule has 6 rings (SSSR count). The van der Waals surface area contributed by atoms with Crippen molar-refractivity contribution < 1.29 is 48.6 Å². The molecule has 1 saturated heterocycles. The van der Waals surface area contributed by atoms with Crippen molar-refractivity contribution in [1.29, 1.82) is 0 Å². The van der Waals surface area contributed by atoms with E-state index in [-0.39, 0.29) is 30.0 Å². The minimum absolute atomic E-state index is 0.102. The maximum Gasteiger partial charge on any atom is 0.253 e. The average molecular weight is 677 g/mol. The lowest BCUT2D eigenvalue weighted by Crippen LogP contribution is -2.57. The molecule has 12 nitrogen and oxygen atoms in total. The van der Waals surface area contributed by atoms with Crippen LogP contribution in [-0.2, 0) is 20.8 Å². The smallest absolute Gasteiger partial charge is 0.253 e. The molecule has 2 bridgehead atoms. The maximum absolute atomic E-state index is 15.2. The van der Waals surface area contributed by atoms with Crippen LogP contribution < -0.4 is 29.0 Å². The molecule has 0 unspecified atom stereocenters. The van der Waals surface area contributed by atoms with E-state index >= 15 is 4.79 Å². The number of amides is 2. The van der Waals surface area contributed by atoms with Gasteiger partial charge < -0.3 is 49.2 Å². The Morgan fingerprint density at radius 1 is 0.980 bits per heavy atom. The van der Waals surface area contributed by atoms with Crippen molar-refractivity contribution in [3.05, 3.63) is 77.4 Å². The van der Waals surface area contributed by atoms with Crippen LogP contribution in [0, 0.1) is 5.92 Å². The number of ether oxygens (including phenoxy) is 5. The number of hydrogen-bond acceptors (Lipinski definition) is 10. The Hall–Kier alpha value is -4.52. The topological polar surface area (TPSA) is 156 Å². The number of nitrogens with zero attached hydrogens (tertiary/aromatic N) is 1. The summed E-state index contributed by atoms with van der Waals surface area (Å²) in [7, 11) is 5.92. The fraction of sp³-hybridized carbons (Fsp3) is 0.459. The molecule has 3 aliphatic rings. The first-order valence-corrected chi connectivity index (χ1v) is 16.4. The van der Waals surface area contributed by atoms with E-state index in [1.165, 1.54) is 40.3 Å². The van der Waals surface area contributed by atoms with Gasteiger partial charge in [0.25, 0.3) is 5.91 Å². The van der Waals surface area contributed by atoms with E-state index in [9.17, 15) is 20.1 Å². The summed E-state index contributed by atoms with van der Waals surface area (Å²) in [6.45, 7) is 3.40. The van der Waals surface area contributed by atoms with Gasteiger partial charge >= 0.3 is 0 Å². The van der Waals surface area contributed by atoms with Gasteiger partial charge in [-0.05, 0) is 43.9 Å². The van der Waals surface area contributed by atoms with Crippen LogP contribution in [0.5, 0.6) is 28.7 Å². The second kappa shape index (κ2) is 12.7. The lowest BCUT2D eigenvalue weighted by molar-refractivity contribution is -0.168. The molecule has 3 aromatic carbocycles. The maximum atomic E-state index is 15.2. The minimum Gasteiger partial charge on any atom is -0.496 e. The summed E-state index contributed by atoms with van der Waals surface area (Å²) >= 11 is 0. The molecule has 0 aromatic heterocycles. The average Bonchev–Trinajstić information content (AvgIpc) is 3.63. The molecule has 0 radical (unpaired) electrons. The molecule has 7 atom stereocenters. The van der Waals surface area contributed by atoms with Gasteiger partial charge in [-0.15, -0.1) is 0 Å². The summed E-state index contributed by atoms with van der Waals surface area (Å²) < 4.78 is 29.4. The molecule has 3 aromatic rings. The van der Waals surface area contributed by atoms with Crippen LogP contribution in [0.4, 0.5) is 0 Å². The molecular formula is C37H44N2O10. The zero-order valence-electron chi connectivity index (χ0n) is 28.6. The molecule has 2 amide bonds. The molecule has 2 aliphatic heterocycles. The third-order valence-electron chi connectivity index (χ3n) is 10.5. The fourth-order valence-corrected chi connectivity index (χ4v) is 7.82. The predicted octanol–water partition coefficient (Wildman–Crippen LogP) is 3.20. The molecule has 4 N–H and O–H groups in total. The van der Waals surface area contributed by atoms with Gasteiger partial charge in [-0.25, -0.2) is 0 Å². The van der Waals surface area contributed by atoms with Gasteiger partial charge in [0.1, 0.15) is 40.7 Å². The van der Waals surface area contributed by atoms with Gasteiger partial charge in [0.15, 0.2) is 17.1 Å². The van der Waals surface area contributed by atoms with Gasteiger partial charge in [-0.1, -0.05) is 43.3 Å². The van der Waals surface area contributed by atoms with Gasteiger partial charge in [-0.2, -0.15) is 0 Å². The number of aliphatic hydroxyl groups is 3. The molecular weight excluding hydrogens is 632 g/mol. The minimum atomic E-state index is -2.28. The van der Waals surface area contributed by atoms with Crippen LogP contribution in [-0.4, -0.2) is 84.9 Å². The van der Waals surface area contributed by atoms with Gasteiger partial charge in [0.05, 0.1) is 39.9 Å². The van der Waals surface area contributed by atoms with Gasteiger partial charge in [0, 0.05) is 30.2 Å². The second-order valence-corrected chi connectivity index (χ2v) is 13.1. The number of nitrogens with one attached hydrogen (secondary N) is 1. The molecule has 12 heteroatoms. The number of rotatable bonds is 10. The SMILES string of the molecule is CC[C@](C)(O)C(=O)N[C@@H]1CCCN1C(=O)[C@@H]1[C@@H](c2ccccc2)[C@]2(c3ccc(OC)c(OC)c3)Oc3cc(OC)cc(OC)c3[C@@]1(O)[C@@H]2O. The fourth-order valence-electron chi connectivity index (χ4n) is 7.82. The Bertz CT molecular complexity index is 1730. The number of fused-ring (bicyclic) bond motifs is 4. The highest BCUT2D eigenvalue weighted by atomic mass is 16.5. The summed E-state index contributed by atoms with van der Waals surface area (Å²) in [4.78, 5) is 29.9. The zero-order chi connectivity index (χ0) is 35.3.